The highest BCUT2D eigenvalue weighted by molar-refractivity contribution is 5.21. The molecular formula is C7H11NO3. The molecule has 1 aliphatic carbocycles. The Morgan fingerprint density at radius 2 is 2.64 bits per heavy atom. The second-order valence-electron chi connectivity index (χ2n) is 3.60. The van der Waals surface area contributed by atoms with E-state index in [1.54, 1.807) is 0 Å². The maximum Gasteiger partial charge on any atom is 0.177 e. The van der Waals surface area contributed by atoms with Gasteiger partial charge < -0.3 is 20.3 Å². The van der Waals surface area contributed by atoms with E-state index in [1.807, 2.05) is 0 Å². The molecule has 3 rings (SSSR count). The quantitative estimate of drug-likeness (QED) is 0.505. The molecule has 5 atom stereocenters. The van der Waals surface area contributed by atoms with Gasteiger partial charge in [-0.3, -0.25) is 0 Å². The van der Waals surface area contributed by atoms with Gasteiger partial charge in [0.1, 0.15) is 0 Å². The van der Waals surface area contributed by atoms with Crippen molar-refractivity contribution in [3.63, 3.8) is 0 Å². The summed E-state index contributed by atoms with van der Waals surface area (Å²) >= 11 is 0. The minimum Gasteiger partial charge on any atom is -0.370 e. The predicted molar refractivity (Wildman–Crippen MR) is 35.7 cm³/mol. The van der Waals surface area contributed by atoms with Crippen molar-refractivity contribution in [3.05, 3.63) is 0 Å². The van der Waals surface area contributed by atoms with Crippen molar-refractivity contribution in [1.29, 1.82) is 0 Å². The third-order valence-electron chi connectivity index (χ3n) is 3.06. The van der Waals surface area contributed by atoms with Crippen LogP contribution in [-0.4, -0.2) is 35.7 Å². The van der Waals surface area contributed by atoms with Gasteiger partial charge in [-0.2, -0.15) is 0 Å². The number of aliphatic hydroxyl groups is 1. The average molecular weight is 159 g/mol. The first kappa shape index (κ1) is 5.48. The fourth-order valence-electron chi connectivity index (χ4n) is 2.50. The van der Waals surface area contributed by atoms with E-state index < -0.39 is 18.0 Å². The van der Waals surface area contributed by atoms with E-state index in [-0.39, 0.29) is 12.0 Å². The van der Waals surface area contributed by atoms with Crippen molar-refractivity contribution in [3.8, 4) is 0 Å². The van der Waals surface area contributed by atoms with Crippen molar-refractivity contribution < 1.29 is 16.0 Å². The largest absolute Gasteiger partial charge is 0.370 e. The summed E-state index contributed by atoms with van der Waals surface area (Å²) in [6.07, 6.45) is 0.167. The van der Waals surface area contributed by atoms with Crippen molar-refractivity contribution in [2.75, 3.05) is 13.1 Å². The molecule has 0 aromatic rings. The summed E-state index contributed by atoms with van der Waals surface area (Å²) < 4.78 is 18.0. The molecule has 0 aromatic carbocycles. The molecule has 62 valence electrons. The molecule has 0 spiro atoms. The fourth-order valence-corrected chi connectivity index (χ4v) is 2.50. The van der Waals surface area contributed by atoms with Gasteiger partial charge in [-0.05, 0) is 0 Å². The van der Waals surface area contributed by atoms with Gasteiger partial charge in [-0.1, -0.05) is 0 Å². The lowest BCUT2D eigenvalue weighted by atomic mass is 9.59. The van der Waals surface area contributed by atoms with E-state index in [0.717, 1.165) is 0 Å². The standard InChI is InChI=1S/C7H11NO3/c8-3-6-2-7(9)5(6)4(11-7)1-10-6/h4-5,9H,1-3,8H2/t4-,5?,6-,7?/m1/s1/i1T/t1?,4-,5?,6-,7?. The van der Waals surface area contributed by atoms with Crippen molar-refractivity contribution in [1.82, 2.24) is 0 Å². The summed E-state index contributed by atoms with van der Waals surface area (Å²) in [5, 5.41) is 9.62. The minimum atomic E-state index is -1.01. The first-order chi connectivity index (χ1) is 5.61. The van der Waals surface area contributed by atoms with Crippen LogP contribution in [-0.2, 0) is 9.47 Å². The molecule has 2 heterocycles. The van der Waals surface area contributed by atoms with E-state index in [9.17, 15) is 5.11 Å². The number of nitrogens with two attached hydrogens (primary N) is 1. The summed E-state index contributed by atoms with van der Waals surface area (Å²) in [5.41, 5.74) is 5.08. The van der Waals surface area contributed by atoms with Gasteiger partial charge in [0, 0.05) is 13.0 Å². The van der Waals surface area contributed by atoms with Crippen LogP contribution in [0.5, 0.6) is 0 Å². The zero-order chi connectivity index (χ0) is 8.56. The van der Waals surface area contributed by atoms with Crippen LogP contribution in [0.3, 0.4) is 0 Å². The lowest BCUT2D eigenvalue weighted by molar-refractivity contribution is -0.427. The third-order valence-corrected chi connectivity index (χ3v) is 3.06. The zero-order valence-electron chi connectivity index (χ0n) is 6.99. The summed E-state index contributed by atoms with van der Waals surface area (Å²) in [4.78, 5) is 0. The molecule has 2 aliphatic heterocycles. The Labute approximate surface area is 65.7 Å². The van der Waals surface area contributed by atoms with Crippen LogP contribution >= 0.6 is 0 Å². The molecule has 0 amide bonds. The molecule has 2 saturated heterocycles. The summed E-state index contributed by atoms with van der Waals surface area (Å²) in [6.45, 7) is -0.295. The first-order valence-corrected chi connectivity index (χ1v) is 3.82. The monoisotopic (exact) mass is 159 g/mol. The molecule has 3 N–H and O–H groups in total. The smallest absolute Gasteiger partial charge is 0.177 e. The highest BCUT2D eigenvalue weighted by atomic mass is 16.7. The van der Waals surface area contributed by atoms with Crippen LogP contribution < -0.4 is 5.73 Å². The van der Waals surface area contributed by atoms with Gasteiger partial charge >= 0.3 is 0 Å². The molecule has 11 heavy (non-hydrogen) atoms. The zero-order valence-corrected chi connectivity index (χ0v) is 5.99. The Hall–Kier alpha value is -0.160. The molecule has 3 aliphatic rings. The molecular weight excluding hydrogens is 146 g/mol. The lowest BCUT2D eigenvalue weighted by Crippen LogP contribution is -2.77. The van der Waals surface area contributed by atoms with E-state index in [2.05, 4.69) is 0 Å². The van der Waals surface area contributed by atoms with Gasteiger partial charge in [-0.15, -0.1) is 0 Å². The normalized spacial score (nSPS) is 72.9. The SMILES string of the molecule is [3H]C1O[C@@]2(CN)CC3(O)O[C@H]1C32. The molecule has 0 radical (unpaired) electrons. The Bertz CT molecular complexity index is 247. The topological polar surface area (TPSA) is 64.7 Å². The molecule has 4 heteroatoms. The van der Waals surface area contributed by atoms with Crippen LogP contribution in [0, 0.1) is 5.92 Å². The number of hydrogen-bond acceptors (Lipinski definition) is 4. The third kappa shape index (κ3) is 0.471. The van der Waals surface area contributed by atoms with Crippen molar-refractivity contribution >= 4 is 0 Å². The Morgan fingerprint density at radius 1 is 1.82 bits per heavy atom. The summed E-state index contributed by atoms with van der Waals surface area (Å²) in [5.74, 6) is -1.07. The molecule has 3 fully saturated rings. The first-order valence-electron chi connectivity index (χ1n) is 4.39. The minimum absolute atomic E-state index is 0.0579. The molecule has 0 aromatic heterocycles. The Balaban J connectivity index is 1.94. The Morgan fingerprint density at radius 3 is 3.18 bits per heavy atom. The highest BCUT2D eigenvalue weighted by Gasteiger charge is 2.78. The van der Waals surface area contributed by atoms with E-state index in [1.165, 1.54) is 0 Å². The summed E-state index contributed by atoms with van der Waals surface area (Å²) in [6, 6.07) is 0. The maximum absolute atomic E-state index is 9.62. The van der Waals surface area contributed by atoms with Crippen LogP contribution in [0.1, 0.15) is 7.79 Å². The highest BCUT2D eigenvalue weighted by Crippen LogP contribution is 2.63. The van der Waals surface area contributed by atoms with Crippen molar-refractivity contribution in [2.45, 2.75) is 23.9 Å². The second kappa shape index (κ2) is 1.47. The Kier molecular flexibility index (Phi) is 0.734. The predicted octanol–water partition coefficient (Wildman–Crippen LogP) is -1.18. The van der Waals surface area contributed by atoms with Crippen LogP contribution in [0.2, 0.25) is 0 Å². The molecule has 0 bridgehead atoms. The fraction of sp³-hybridized carbons (Fsp3) is 1.00. The number of hydrogen-bond donors (Lipinski definition) is 2. The van der Waals surface area contributed by atoms with Gasteiger partial charge in [0.2, 0.25) is 0 Å². The van der Waals surface area contributed by atoms with E-state index in [0.29, 0.717) is 13.0 Å². The average Bonchev–Trinajstić information content (AvgIpc) is 2.09. The van der Waals surface area contributed by atoms with E-state index >= 15 is 0 Å². The lowest BCUT2D eigenvalue weighted by Gasteiger charge is -2.62. The van der Waals surface area contributed by atoms with Crippen LogP contribution in [0.25, 0.3) is 0 Å². The molecule has 3 unspecified atom stereocenters. The van der Waals surface area contributed by atoms with Gasteiger partial charge in [0.05, 0.1) is 25.6 Å². The van der Waals surface area contributed by atoms with Gasteiger partial charge in [-0.25, -0.2) is 0 Å². The van der Waals surface area contributed by atoms with E-state index in [4.69, 9.17) is 16.6 Å². The van der Waals surface area contributed by atoms with Crippen LogP contribution in [0.4, 0.5) is 0 Å². The summed E-state index contributed by atoms with van der Waals surface area (Å²) in [7, 11) is 0. The van der Waals surface area contributed by atoms with Crippen LogP contribution in [0.15, 0.2) is 0 Å². The maximum atomic E-state index is 9.62. The molecule has 1 saturated carbocycles. The second-order valence-corrected chi connectivity index (χ2v) is 3.60. The number of ether oxygens (including phenoxy) is 2. The van der Waals surface area contributed by atoms with Crippen molar-refractivity contribution in [2.24, 2.45) is 11.7 Å². The van der Waals surface area contributed by atoms with Gasteiger partial charge in [0.25, 0.3) is 0 Å². The van der Waals surface area contributed by atoms with Gasteiger partial charge in [0.15, 0.2) is 5.79 Å². The molecule has 4 nitrogen and oxygen atoms in total. The number of rotatable bonds is 1.